The number of hydrogen-bond donors (Lipinski definition) is 3. The van der Waals surface area contributed by atoms with Crippen molar-refractivity contribution in [2.24, 2.45) is 5.41 Å². The van der Waals surface area contributed by atoms with Gasteiger partial charge in [0.05, 0.1) is 0 Å². The van der Waals surface area contributed by atoms with Gasteiger partial charge < -0.3 is 25.5 Å². The summed E-state index contributed by atoms with van der Waals surface area (Å²) in [6.07, 6.45) is 4.59. The van der Waals surface area contributed by atoms with Crippen LogP contribution in [-0.2, 0) is 27.2 Å². The van der Waals surface area contributed by atoms with Crippen LogP contribution >= 0.6 is 11.3 Å². The molecule has 9 heteroatoms. The van der Waals surface area contributed by atoms with Crippen molar-refractivity contribution in [1.29, 1.82) is 0 Å². The molecule has 0 aliphatic heterocycles. The van der Waals surface area contributed by atoms with Crippen LogP contribution in [0.15, 0.2) is 84.3 Å². The highest BCUT2D eigenvalue weighted by Gasteiger charge is 2.35. The van der Waals surface area contributed by atoms with E-state index in [4.69, 9.17) is 0 Å². The summed E-state index contributed by atoms with van der Waals surface area (Å²) in [6.45, 7) is 7.99. The molecule has 0 aliphatic carbocycles. The summed E-state index contributed by atoms with van der Waals surface area (Å²) >= 11 is 1.52. The van der Waals surface area contributed by atoms with Crippen molar-refractivity contribution in [3.8, 4) is 11.1 Å². The second-order valence-corrected chi connectivity index (χ2v) is 14.3. The Morgan fingerprint density at radius 1 is 0.870 bits per heavy atom. The van der Waals surface area contributed by atoms with Gasteiger partial charge in [-0.25, -0.2) is 0 Å². The van der Waals surface area contributed by atoms with Crippen molar-refractivity contribution in [2.45, 2.75) is 64.6 Å². The second kappa shape index (κ2) is 16.7. The molecule has 1 aromatic heterocycles. The normalized spacial score (nSPS) is 13.3. The molecule has 0 aliphatic rings. The van der Waals surface area contributed by atoms with Crippen LogP contribution < -0.4 is 10.6 Å². The fraction of sp³-hybridized carbons (Fsp3) is 0.432. The second-order valence-electron chi connectivity index (χ2n) is 13.3. The van der Waals surface area contributed by atoms with E-state index in [0.717, 1.165) is 21.6 Å². The molecule has 0 radical (unpaired) electrons. The van der Waals surface area contributed by atoms with Gasteiger partial charge in [0.2, 0.25) is 17.7 Å². The quantitative estimate of drug-likeness (QED) is 0.192. The molecule has 2 atom stereocenters. The van der Waals surface area contributed by atoms with E-state index in [9.17, 15) is 19.5 Å². The number of aliphatic hydroxyl groups excluding tert-OH is 1. The molecular weight excluding hydrogens is 596 g/mol. The van der Waals surface area contributed by atoms with E-state index in [1.807, 2.05) is 113 Å². The van der Waals surface area contributed by atoms with Gasteiger partial charge in [0, 0.05) is 55.9 Å². The highest BCUT2D eigenvalue weighted by molar-refractivity contribution is 7.09. The van der Waals surface area contributed by atoms with E-state index in [-0.39, 0.29) is 42.8 Å². The lowest BCUT2D eigenvalue weighted by molar-refractivity contribution is -0.146. The van der Waals surface area contributed by atoms with E-state index in [1.165, 1.54) is 27.2 Å². The zero-order chi connectivity index (χ0) is 33.9. The van der Waals surface area contributed by atoms with Crippen molar-refractivity contribution in [3.63, 3.8) is 0 Å². The van der Waals surface area contributed by atoms with Gasteiger partial charge in [-0.3, -0.25) is 14.4 Å². The molecule has 46 heavy (non-hydrogen) atoms. The van der Waals surface area contributed by atoms with Crippen molar-refractivity contribution in [1.82, 2.24) is 20.4 Å². The van der Waals surface area contributed by atoms with Crippen LogP contribution in [0, 0.1) is 5.41 Å². The van der Waals surface area contributed by atoms with Gasteiger partial charge in [-0.15, -0.1) is 11.3 Å². The summed E-state index contributed by atoms with van der Waals surface area (Å²) in [7, 11) is 5.15. The summed E-state index contributed by atoms with van der Waals surface area (Å²) in [4.78, 5) is 45.4. The summed E-state index contributed by atoms with van der Waals surface area (Å²) in [6, 6.07) is 20.3. The van der Waals surface area contributed by atoms with Crippen LogP contribution in [0.25, 0.3) is 11.1 Å². The van der Waals surface area contributed by atoms with Gasteiger partial charge in [0.1, 0.15) is 12.1 Å². The molecule has 0 fully saturated rings. The zero-order valence-corrected chi connectivity index (χ0v) is 29.1. The Labute approximate surface area is 278 Å². The monoisotopic (exact) mass is 646 g/mol. The van der Waals surface area contributed by atoms with Gasteiger partial charge in [-0.2, -0.15) is 0 Å². The summed E-state index contributed by atoms with van der Waals surface area (Å²) < 4.78 is 0. The third-order valence-corrected chi connectivity index (χ3v) is 9.32. The Balaban J connectivity index is 1.92. The van der Waals surface area contributed by atoms with Crippen LogP contribution in [0.3, 0.4) is 0 Å². The van der Waals surface area contributed by atoms with E-state index in [0.29, 0.717) is 12.8 Å². The van der Waals surface area contributed by atoms with E-state index < -0.39 is 17.5 Å². The zero-order valence-electron chi connectivity index (χ0n) is 28.2. The number of nitrogens with one attached hydrogen (secondary N) is 2. The molecule has 0 bridgehead atoms. The smallest absolute Gasteiger partial charge is 0.246 e. The van der Waals surface area contributed by atoms with Gasteiger partial charge in [-0.1, -0.05) is 80.6 Å². The first-order valence-corrected chi connectivity index (χ1v) is 16.6. The number of benzene rings is 2. The van der Waals surface area contributed by atoms with E-state index in [1.54, 1.807) is 14.1 Å². The average molecular weight is 647 g/mol. The third-order valence-electron chi connectivity index (χ3n) is 8.42. The Morgan fingerprint density at radius 2 is 1.52 bits per heavy atom. The van der Waals surface area contributed by atoms with Crippen molar-refractivity contribution < 1.29 is 19.5 Å². The molecule has 1 heterocycles. The standard InChI is InChI=1S/C37H50N4O4S/c1-36(2,26-42)25-39-34(44)31(24-30-15-12-22-46-30)41(7)35(45)32(40(6)33(43)16-11-21-37(3,4)38-5)23-27-17-19-29(20-18-27)28-13-9-8-10-14-28/h8-20,22,31-32,38,42H,21,23-26H2,1-7H3,(H,39,44)/t31-,32-/m1/s1. The Morgan fingerprint density at radius 3 is 2.11 bits per heavy atom. The SMILES string of the molecule is CNC(C)(C)CC=CC(=O)N(C)[C@H](Cc1ccc(-c2ccccc2)cc1)C(=O)N(C)[C@H](Cc1cccs1)C(=O)NCC(C)(C)CO. The first-order valence-electron chi connectivity index (χ1n) is 15.7. The summed E-state index contributed by atoms with van der Waals surface area (Å²) in [5.74, 6) is -0.923. The molecule has 0 saturated heterocycles. The van der Waals surface area contributed by atoms with Crippen LogP contribution in [0.4, 0.5) is 0 Å². The number of aliphatic hydroxyl groups is 1. The lowest BCUT2D eigenvalue weighted by atomic mass is 9.94. The van der Waals surface area contributed by atoms with Crippen molar-refractivity contribution >= 4 is 29.1 Å². The number of thiophene rings is 1. The number of carbonyl (C=O) groups is 3. The molecule has 0 saturated carbocycles. The minimum atomic E-state index is -0.852. The maximum atomic E-state index is 14.4. The maximum Gasteiger partial charge on any atom is 0.246 e. The van der Waals surface area contributed by atoms with Crippen LogP contribution in [0.2, 0.25) is 0 Å². The molecule has 0 unspecified atom stereocenters. The molecule has 0 spiro atoms. The number of likely N-dealkylation sites (N-methyl/N-ethyl adjacent to an activating group) is 2. The predicted octanol–water partition coefficient (Wildman–Crippen LogP) is 4.93. The number of rotatable bonds is 16. The van der Waals surface area contributed by atoms with Gasteiger partial charge in [-0.05, 0) is 61.5 Å². The number of hydrogen-bond acceptors (Lipinski definition) is 6. The highest BCUT2D eigenvalue weighted by Crippen LogP contribution is 2.22. The fourth-order valence-electron chi connectivity index (χ4n) is 4.82. The Kier molecular flexibility index (Phi) is 13.3. The average Bonchev–Trinajstić information content (AvgIpc) is 3.58. The Bertz CT molecular complexity index is 1440. The molecular formula is C37H50N4O4S. The van der Waals surface area contributed by atoms with E-state index in [2.05, 4.69) is 10.6 Å². The molecule has 8 nitrogen and oxygen atoms in total. The topological polar surface area (TPSA) is 102 Å². The largest absolute Gasteiger partial charge is 0.396 e. The van der Waals surface area contributed by atoms with Crippen molar-refractivity contribution in [3.05, 3.63) is 94.7 Å². The number of nitrogens with zero attached hydrogens (tertiary/aromatic N) is 2. The van der Waals surface area contributed by atoms with Crippen LogP contribution in [-0.4, -0.2) is 84.5 Å². The molecule has 3 rings (SSSR count). The lowest BCUT2D eigenvalue weighted by Gasteiger charge is -2.34. The third kappa shape index (κ3) is 10.6. The molecule has 248 valence electrons. The minimum Gasteiger partial charge on any atom is -0.396 e. The fourth-order valence-corrected chi connectivity index (χ4v) is 5.56. The highest BCUT2D eigenvalue weighted by atomic mass is 32.1. The maximum absolute atomic E-state index is 14.4. The molecule has 3 amide bonds. The number of carbonyl (C=O) groups excluding carboxylic acids is 3. The first-order chi connectivity index (χ1) is 21.8. The predicted molar refractivity (Wildman–Crippen MR) is 187 cm³/mol. The van der Waals surface area contributed by atoms with E-state index >= 15 is 0 Å². The van der Waals surface area contributed by atoms with Gasteiger partial charge in [0.15, 0.2) is 0 Å². The lowest BCUT2D eigenvalue weighted by Crippen LogP contribution is -2.56. The van der Waals surface area contributed by atoms with Gasteiger partial charge in [0.25, 0.3) is 0 Å². The summed E-state index contributed by atoms with van der Waals surface area (Å²) in [5, 5.41) is 17.8. The Hall–Kier alpha value is -3.79. The number of amides is 3. The first kappa shape index (κ1) is 36.7. The van der Waals surface area contributed by atoms with Crippen LogP contribution in [0.5, 0.6) is 0 Å². The summed E-state index contributed by atoms with van der Waals surface area (Å²) in [5.41, 5.74) is 2.35. The van der Waals surface area contributed by atoms with Crippen LogP contribution in [0.1, 0.15) is 44.6 Å². The van der Waals surface area contributed by atoms with Gasteiger partial charge >= 0.3 is 0 Å². The molecule has 3 N–H and O–H groups in total. The molecule has 3 aromatic rings. The minimum absolute atomic E-state index is 0.0886. The molecule has 2 aromatic carbocycles. The van der Waals surface area contributed by atoms with Crippen molar-refractivity contribution in [2.75, 3.05) is 34.3 Å².